The maximum absolute atomic E-state index is 13.4. The van der Waals surface area contributed by atoms with Crippen molar-refractivity contribution in [1.29, 1.82) is 0 Å². The second-order valence-corrected chi connectivity index (χ2v) is 6.36. The Hall–Kier alpha value is -2.96. The molecule has 1 fully saturated rings. The molecule has 0 unspecified atom stereocenters. The Labute approximate surface area is 148 Å². The molecule has 2 heterocycles. The molecule has 0 N–H and O–H groups in total. The van der Waals surface area contributed by atoms with Gasteiger partial charge in [-0.3, -0.25) is 4.79 Å². The molecule has 26 heavy (non-hydrogen) atoms. The van der Waals surface area contributed by atoms with E-state index in [-0.39, 0.29) is 11.9 Å². The summed E-state index contributed by atoms with van der Waals surface area (Å²) in [5.74, 6) is -0.933. The summed E-state index contributed by atoms with van der Waals surface area (Å²) >= 11 is 0. The van der Waals surface area contributed by atoms with E-state index in [0.717, 1.165) is 18.9 Å². The lowest BCUT2D eigenvalue weighted by atomic mass is 10.2. The van der Waals surface area contributed by atoms with Gasteiger partial charge < -0.3 is 13.9 Å². The predicted octanol–water partition coefficient (Wildman–Crippen LogP) is 3.61. The number of hydrogen-bond donors (Lipinski definition) is 0. The first-order chi connectivity index (χ1) is 12.6. The van der Waals surface area contributed by atoms with Crippen LogP contribution in [0.15, 0.2) is 53.4 Å². The number of rotatable bonds is 6. The summed E-state index contributed by atoms with van der Waals surface area (Å²) in [6.07, 6.45) is 6.78. The third-order valence-electron chi connectivity index (χ3n) is 4.43. The third kappa shape index (κ3) is 3.37. The van der Waals surface area contributed by atoms with Crippen LogP contribution in [0, 0.1) is 11.6 Å². The van der Waals surface area contributed by atoms with Crippen LogP contribution in [0.5, 0.6) is 0 Å². The number of benzene rings is 1. The topological polar surface area (TPSA) is 51.3 Å². The highest BCUT2D eigenvalue weighted by Crippen LogP contribution is 2.29. The van der Waals surface area contributed by atoms with Gasteiger partial charge in [0.05, 0.1) is 12.8 Å². The van der Waals surface area contributed by atoms with Gasteiger partial charge in [-0.2, -0.15) is 0 Å². The van der Waals surface area contributed by atoms with Crippen LogP contribution in [0.4, 0.5) is 8.78 Å². The second-order valence-electron chi connectivity index (χ2n) is 6.36. The molecular formula is C19H17F2N3O2. The van der Waals surface area contributed by atoms with Crippen LogP contribution >= 0.6 is 0 Å². The van der Waals surface area contributed by atoms with Crippen molar-refractivity contribution in [2.45, 2.75) is 32.0 Å². The summed E-state index contributed by atoms with van der Waals surface area (Å²) < 4.78 is 33.6. The summed E-state index contributed by atoms with van der Waals surface area (Å²) in [6.45, 7) is 0.681. The highest BCUT2D eigenvalue weighted by molar-refractivity contribution is 5.91. The molecular weight excluding hydrogens is 340 g/mol. The van der Waals surface area contributed by atoms with Crippen LogP contribution in [0.2, 0.25) is 0 Å². The first kappa shape index (κ1) is 16.5. The van der Waals surface area contributed by atoms with Crippen LogP contribution in [0.1, 0.15) is 34.8 Å². The lowest BCUT2D eigenvalue weighted by Gasteiger charge is -2.21. The van der Waals surface area contributed by atoms with Gasteiger partial charge in [0.15, 0.2) is 17.4 Å². The minimum absolute atomic E-state index is 0.167. The molecule has 4 rings (SSSR count). The fraction of sp³-hybridized carbons (Fsp3) is 0.263. The molecule has 1 aliphatic carbocycles. The lowest BCUT2D eigenvalue weighted by molar-refractivity contribution is 0.0691. The standard InChI is InChI=1S/C19H17F2N3O2/c20-15-6-3-13(10-16(15)21)11-23-8-7-22-18(23)12-24(14-4-5-14)19(25)17-2-1-9-26-17/h1-3,6-10,14H,4-5,11-12H2. The number of halogens is 2. The molecule has 0 saturated heterocycles. The van der Waals surface area contributed by atoms with Crippen LogP contribution in [-0.2, 0) is 13.1 Å². The van der Waals surface area contributed by atoms with E-state index >= 15 is 0 Å². The zero-order valence-corrected chi connectivity index (χ0v) is 13.9. The van der Waals surface area contributed by atoms with Gasteiger partial charge in [-0.1, -0.05) is 6.07 Å². The molecule has 134 valence electrons. The number of nitrogens with zero attached hydrogens (tertiary/aromatic N) is 3. The fourth-order valence-corrected chi connectivity index (χ4v) is 2.92. The van der Waals surface area contributed by atoms with E-state index < -0.39 is 11.6 Å². The van der Waals surface area contributed by atoms with Gasteiger partial charge in [-0.15, -0.1) is 0 Å². The molecule has 1 amide bonds. The highest BCUT2D eigenvalue weighted by atomic mass is 19.2. The van der Waals surface area contributed by atoms with Crippen molar-refractivity contribution in [3.05, 3.63) is 77.8 Å². The molecule has 3 aromatic rings. The van der Waals surface area contributed by atoms with E-state index in [4.69, 9.17) is 4.42 Å². The van der Waals surface area contributed by atoms with Crippen LogP contribution in [-0.4, -0.2) is 26.4 Å². The van der Waals surface area contributed by atoms with Gasteiger partial charge in [-0.05, 0) is 42.7 Å². The molecule has 0 aliphatic heterocycles. The van der Waals surface area contributed by atoms with Crippen molar-refractivity contribution in [1.82, 2.24) is 14.5 Å². The SMILES string of the molecule is O=C(c1ccco1)N(Cc1nccn1Cc1ccc(F)c(F)c1)C1CC1. The largest absolute Gasteiger partial charge is 0.459 e. The molecule has 2 aromatic heterocycles. The van der Waals surface area contributed by atoms with Crippen molar-refractivity contribution in [3.63, 3.8) is 0 Å². The third-order valence-corrected chi connectivity index (χ3v) is 4.43. The predicted molar refractivity (Wildman–Crippen MR) is 89.3 cm³/mol. The molecule has 1 aliphatic rings. The number of furan rings is 1. The number of carbonyl (C=O) groups excluding carboxylic acids is 1. The Kier molecular flexibility index (Phi) is 4.28. The van der Waals surface area contributed by atoms with E-state index in [1.165, 1.54) is 18.4 Å². The number of carbonyl (C=O) groups is 1. The molecule has 7 heteroatoms. The Morgan fingerprint density at radius 1 is 1.27 bits per heavy atom. The average Bonchev–Trinajstić information content (AvgIpc) is 3.14. The van der Waals surface area contributed by atoms with Gasteiger partial charge in [0, 0.05) is 25.0 Å². The van der Waals surface area contributed by atoms with E-state index in [1.807, 2.05) is 4.57 Å². The zero-order valence-electron chi connectivity index (χ0n) is 13.9. The summed E-state index contributed by atoms with van der Waals surface area (Å²) in [7, 11) is 0. The summed E-state index contributed by atoms with van der Waals surface area (Å²) in [4.78, 5) is 18.8. The molecule has 0 radical (unpaired) electrons. The summed E-state index contributed by atoms with van der Waals surface area (Å²) in [5, 5.41) is 0. The fourth-order valence-electron chi connectivity index (χ4n) is 2.92. The van der Waals surface area contributed by atoms with Gasteiger partial charge in [0.25, 0.3) is 5.91 Å². The maximum atomic E-state index is 13.4. The smallest absolute Gasteiger partial charge is 0.290 e. The van der Waals surface area contributed by atoms with E-state index in [0.29, 0.717) is 30.2 Å². The van der Waals surface area contributed by atoms with Crippen molar-refractivity contribution in [2.75, 3.05) is 0 Å². The molecule has 0 atom stereocenters. The van der Waals surface area contributed by atoms with E-state index in [9.17, 15) is 13.6 Å². The van der Waals surface area contributed by atoms with E-state index in [1.54, 1.807) is 29.4 Å². The Morgan fingerprint density at radius 3 is 2.81 bits per heavy atom. The van der Waals surface area contributed by atoms with Crippen molar-refractivity contribution >= 4 is 5.91 Å². The molecule has 1 saturated carbocycles. The minimum Gasteiger partial charge on any atom is -0.459 e. The first-order valence-corrected chi connectivity index (χ1v) is 8.40. The average molecular weight is 357 g/mol. The summed E-state index contributed by atoms with van der Waals surface area (Å²) in [5.41, 5.74) is 0.624. The number of amides is 1. The number of hydrogen-bond acceptors (Lipinski definition) is 3. The van der Waals surface area contributed by atoms with E-state index in [2.05, 4.69) is 4.98 Å². The Morgan fingerprint density at radius 2 is 2.12 bits per heavy atom. The number of aromatic nitrogens is 2. The van der Waals surface area contributed by atoms with Gasteiger partial charge in [0.1, 0.15) is 5.82 Å². The van der Waals surface area contributed by atoms with Gasteiger partial charge in [0.2, 0.25) is 0 Å². The zero-order chi connectivity index (χ0) is 18.1. The lowest BCUT2D eigenvalue weighted by Crippen LogP contribution is -2.33. The van der Waals surface area contributed by atoms with Gasteiger partial charge >= 0.3 is 0 Å². The van der Waals surface area contributed by atoms with Crippen molar-refractivity contribution in [3.8, 4) is 0 Å². The van der Waals surface area contributed by atoms with Crippen molar-refractivity contribution in [2.24, 2.45) is 0 Å². The molecule has 0 spiro atoms. The van der Waals surface area contributed by atoms with Crippen LogP contribution in [0.3, 0.4) is 0 Å². The Balaban J connectivity index is 1.53. The van der Waals surface area contributed by atoms with Crippen molar-refractivity contribution < 1.29 is 18.0 Å². The minimum atomic E-state index is -0.878. The monoisotopic (exact) mass is 357 g/mol. The quantitative estimate of drug-likeness (QED) is 0.677. The summed E-state index contributed by atoms with van der Waals surface area (Å²) in [6, 6.07) is 7.33. The highest BCUT2D eigenvalue weighted by Gasteiger charge is 2.34. The maximum Gasteiger partial charge on any atom is 0.290 e. The molecule has 0 bridgehead atoms. The van der Waals surface area contributed by atoms with Gasteiger partial charge in [-0.25, -0.2) is 13.8 Å². The molecule has 5 nitrogen and oxygen atoms in total. The Bertz CT molecular complexity index is 917. The normalized spacial score (nSPS) is 13.8. The number of imidazole rings is 1. The molecule has 1 aromatic carbocycles. The second kappa shape index (κ2) is 6.74. The first-order valence-electron chi connectivity index (χ1n) is 8.40. The van der Waals surface area contributed by atoms with Crippen LogP contribution < -0.4 is 0 Å². The van der Waals surface area contributed by atoms with Crippen LogP contribution in [0.25, 0.3) is 0 Å².